The van der Waals surface area contributed by atoms with E-state index in [0.717, 1.165) is 39.4 Å². The maximum atomic E-state index is 13.2. The molecule has 1 aliphatic heterocycles. The number of sulfonamides is 1. The average Bonchev–Trinajstić information content (AvgIpc) is 3.26. The molecular formula is C26H25ClN2O2S. The van der Waals surface area contributed by atoms with Crippen molar-refractivity contribution < 1.29 is 8.42 Å². The summed E-state index contributed by atoms with van der Waals surface area (Å²) in [5.41, 5.74) is 5.58. The van der Waals surface area contributed by atoms with Gasteiger partial charge in [0.15, 0.2) is 0 Å². The van der Waals surface area contributed by atoms with Gasteiger partial charge in [-0.15, -0.1) is 0 Å². The maximum Gasteiger partial charge on any atom is 0.261 e. The third kappa shape index (κ3) is 3.70. The first-order valence-corrected chi connectivity index (χ1v) is 12.6. The molecule has 0 aromatic heterocycles. The summed E-state index contributed by atoms with van der Waals surface area (Å²) in [6, 6.07) is 19.2. The van der Waals surface area contributed by atoms with E-state index in [1.54, 1.807) is 6.07 Å². The molecule has 0 amide bonds. The molecule has 3 aromatic rings. The SMILES string of the molecule is Cc1cccc(C)c1NS(=O)(=O)c1ccc2c(c1)C1C=CCC1C(c1cccc(Cl)c1)N2. The van der Waals surface area contributed by atoms with Gasteiger partial charge in [0, 0.05) is 16.6 Å². The number of anilines is 2. The number of allylic oxidation sites excluding steroid dienone is 2. The zero-order valence-electron chi connectivity index (χ0n) is 18.0. The number of rotatable bonds is 4. The molecular weight excluding hydrogens is 440 g/mol. The standard InChI is InChI=1S/C26H25ClN2O2S/c1-16-6-3-7-17(2)25(16)29-32(30,31)20-12-13-24-23(15-20)21-10-5-11-22(21)26(28-24)18-8-4-9-19(27)14-18/h3-10,12-15,21-22,26,28-29H,11H2,1-2H3. The van der Waals surface area contributed by atoms with Crippen LogP contribution in [0.15, 0.2) is 77.7 Å². The molecule has 3 aromatic carbocycles. The number of hydrogen-bond acceptors (Lipinski definition) is 3. The molecule has 0 bridgehead atoms. The number of fused-ring (bicyclic) bond motifs is 3. The van der Waals surface area contributed by atoms with Crippen molar-refractivity contribution in [3.05, 3.63) is 100 Å². The van der Waals surface area contributed by atoms with Gasteiger partial charge in [-0.05, 0) is 78.8 Å². The van der Waals surface area contributed by atoms with E-state index in [4.69, 9.17) is 11.6 Å². The van der Waals surface area contributed by atoms with Crippen LogP contribution in [0.4, 0.5) is 11.4 Å². The average molecular weight is 465 g/mol. The highest BCUT2D eigenvalue weighted by molar-refractivity contribution is 7.92. The third-order valence-electron chi connectivity index (χ3n) is 6.57. The summed E-state index contributed by atoms with van der Waals surface area (Å²) in [4.78, 5) is 0.279. The van der Waals surface area contributed by atoms with Crippen LogP contribution in [-0.2, 0) is 10.0 Å². The van der Waals surface area contributed by atoms with Crippen molar-refractivity contribution in [1.29, 1.82) is 0 Å². The van der Waals surface area contributed by atoms with Gasteiger partial charge in [0.05, 0.1) is 16.6 Å². The summed E-state index contributed by atoms with van der Waals surface area (Å²) in [6.45, 7) is 3.82. The van der Waals surface area contributed by atoms with Gasteiger partial charge >= 0.3 is 0 Å². The van der Waals surface area contributed by atoms with Gasteiger partial charge in [-0.25, -0.2) is 8.42 Å². The summed E-state index contributed by atoms with van der Waals surface area (Å²) in [7, 11) is -3.71. The fraction of sp³-hybridized carbons (Fsp3) is 0.231. The molecule has 1 aliphatic carbocycles. The van der Waals surface area contributed by atoms with Gasteiger partial charge in [-0.1, -0.05) is 54.1 Å². The minimum atomic E-state index is -3.71. The first kappa shape index (κ1) is 21.1. The molecule has 2 N–H and O–H groups in total. The normalized spacial score (nSPS) is 21.5. The molecule has 0 saturated heterocycles. The summed E-state index contributed by atoms with van der Waals surface area (Å²) in [5.74, 6) is 0.469. The molecule has 32 heavy (non-hydrogen) atoms. The fourth-order valence-electron chi connectivity index (χ4n) is 4.94. The van der Waals surface area contributed by atoms with Crippen LogP contribution in [0.1, 0.15) is 40.6 Å². The van der Waals surface area contributed by atoms with Gasteiger partial charge in [0.25, 0.3) is 10.0 Å². The molecule has 3 unspecified atom stereocenters. The molecule has 0 saturated carbocycles. The van der Waals surface area contributed by atoms with Crippen molar-refractivity contribution in [3.8, 4) is 0 Å². The monoisotopic (exact) mass is 464 g/mol. The number of nitrogens with one attached hydrogen (secondary N) is 2. The van der Waals surface area contributed by atoms with Gasteiger partial charge in [-0.2, -0.15) is 0 Å². The van der Waals surface area contributed by atoms with E-state index in [0.29, 0.717) is 11.6 Å². The molecule has 2 aliphatic rings. The Morgan fingerprint density at radius 1 is 1.00 bits per heavy atom. The highest BCUT2D eigenvalue weighted by Crippen LogP contribution is 2.50. The highest BCUT2D eigenvalue weighted by atomic mass is 35.5. The van der Waals surface area contributed by atoms with Crippen molar-refractivity contribution in [2.45, 2.75) is 37.1 Å². The van der Waals surface area contributed by atoms with Crippen molar-refractivity contribution in [2.24, 2.45) is 5.92 Å². The predicted octanol–water partition coefficient (Wildman–Crippen LogP) is 6.58. The van der Waals surface area contributed by atoms with Gasteiger partial charge in [-0.3, -0.25) is 4.72 Å². The van der Waals surface area contributed by atoms with Gasteiger partial charge in [0.1, 0.15) is 0 Å². The largest absolute Gasteiger partial charge is 0.378 e. The van der Waals surface area contributed by atoms with Crippen molar-refractivity contribution in [2.75, 3.05) is 10.0 Å². The number of halogens is 1. The molecule has 6 heteroatoms. The number of hydrogen-bond donors (Lipinski definition) is 2. The van der Waals surface area contributed by atoms with E-state index >= 15 is 0 Å². The quantitative estimate of drug-likeness (QED) is 0.428. The smallest absolute Gasteiger partial charge is 0.261 e. The zero-order chi connectivity index (χ0) is 22.5. The molecule has 4 nitrogen and oxygen atoms in total. The van der Waals surface area contributed by atoms with Crippen LogP contribution in [0.2, 0.25) is 5.02 Å². The molecule has 0 radical (unpaired) electrons. The molecule has 0 fully saturated rings. The van der Waals surface area contributed by atoms with Crippen molar-refractivity contribution in [3.63, 3.8) is 0 Å². The highest BCUT2D eigenvalue weighted by Gasteiger charge is 2.38. The van der Waals surface area contributed by atoms with Gasteiger partial charge < -0.3 is 5.32 Å². The summed E-state index contributed by atoms with van der Waals surface area (Å²) >= 11 is 6.25. The van der Waals surface area contributed by atoms with Crippen LogP contribution in [0.5, 0.6) is 0 Å². The molecule has 164 valence electrons. The lowest BCUT2D eigenvalue weighted by molar-refractivity contribution is 0.425. The van der Waals surface area contributed by atoms with Crippen LogP contribution < -0.4 is 10.0 Å². The molecule has 0 spiro atoms. The van der Waals surface area contributed by atoms with E-state index in [1.165, 1.54) is 0 Å². The summed E-state index contributed by atoms with van der Waals surface area (Å²) < 4.78 is 29.3. The van der Waals surface area contributed by atoms with Crippen LogP contribution in [0.3, 0.4) is 0 Å². The van der Waals surface area contributed by atoms with Crippen molar-refractivity contribution >= 4 is 33.0 Å². The molecule has 3 atom stereocenters. The van der Waals surface area contributed by atoms with Gasteiger partial charge in [0.2, 0.25) is 0 Å². The molecule has 1 heterocycles. The number of benzene rings is 3. The summed E-state index contributed by atoms with van der Waals surface area (Å²) in [5, 5.41) is 4.36. The predicted molar refractivity (Wildman–Crippen MR) is 131 cm³/mol. The number of para-hydroxylation sites is 1. The van der Waals surface area contributed by atoms with Crippen LogP contribution >= 0.6 is 11.6 Å². The Labute approximate surface area is 194 Å². The second-order valence-electron chi connectivity index (χ2n) is 8.65. The Hall–Kier alpha value is -2.76. The lowest BCUT2D eigenvalue weighted by Crippen LogP contribution is -2.29. The summed E-state index contributed by atoms with van der Waals surface area (Å²) in [6.07, 6.45) is 5.34. The topological polar surface area (TPSA) is 58.2 Å². The lowest BCUT2D eigenvalue weighted by Gasteiger charge is -2.37. The van der Waals surface area contributed by atoms with Crippen LogP contribution in [0, 0.1) is 19.8 Å². The Morgan fingerprint density at radius 3 is 2.50 bits per heavy atom. The lowest BCUT2D eigenvalue weighted by atomic mass is 9.77. The minimum absolute atomic E-state index is 0.122. The first-order chi connectivity index (χ1) is 15.3. The fourth-order valence-corrected chi connectivity index (χ4v) is 6.38. The van der Waals surface area contributed by atoms with E-state index in [2.05, 4.69) is 28.3 Å². The molecule has 5 rings (SSSR count). The Morgan fingerprint density at radius 2 is 1.75 bits per heavy atom. The van der Waals surface area contributed by atoms with E-state index in [-0.39, 0.29) is 16.9 Å². The Bertz CT molecular complexity index is 1310. The Kier molecular flexibility index (Phi) is 5.26. The number of aryl methyl sites for hydroxylation is 2. The Balaban J connectivity index is 1.51. The van der Waals surface area contributed by atoms with Crippen molar-refractivity contribution in [1.82, 2.24) is 0 Å². The van der Waals surface area contributed by atoms with Crippen LogP contribution in [0.25, 0.3) is 0 Å². The first-order valence-electron chi connectivity index (χ1n) is 10.7. The second kappa shape index (κ2) is 7.98. The minimum Gasteiger partial charge on any atom is -0.378 e. The zero-order valence-corrected chi connectivity index (χ0v) is 19.5. The van der Waals surface area contributed by atoms with E-state index in [9.17, 15) is 8.42 Å². The second-order valence-corrected chi connectivity index (χ2v) is 10.8. The maximum absolute atomic E-state index is 13.2. The van der Waals surface area contributed by atoms with Crippen LogP contribution in [-0.4, -0.2) is 8.42 Å². The van der Waals surface area contributed by atoms with E-state index < -0.39 is 10.0 Å². The van der Waals surface area contributed by atoms with E-state index in [1.807, 2.05) is 62.4 Å². The third-order valence-corrected chi connectivity index (χ3v) is 8.15.